The highest BCUT2D eigenvalue weighted by Gasteiger charge is 2.56. The van der Waals surface area contributed by atoms with Crippen LogP contribution in [0.2, 0.25) is 0 Å². The van der Waals surface area contributed by atoms with Gasteiger partial charge in [-0.3, -0.25) is 9.59 Å². The predicted octanol–water partition coefficient (Wildman–Crippen LogP) is 3.04. The topological polar surface area (TPSA) is 81.7 Å². The van der Waals surface area contributed by atoms with Gasteiger partial charge in [0.25, 0.3) is 0 Å². The summed E-state index contributed by atoms with van der Waals surface area (Å²) in [6.07, 6.45) is 10.3. The molecule has 0 aromatic carbocycles. The summed E-state index contributed by atoms with van der Waals surface area (Å²) in [4.78, 5) is 25.1. The Morgan fingerprint density at radius 2 is 1.84 bits per heavy atom. The van der Waals surface area contributed by atoms with Crippen LogP contribution in [-0.4, -0.2) is 11.6 Å². The third kappa shape index (κ3) is 2.06. The molecule has 3 aliphatic rings. The first-order chi connectivity index (χ1) is 11.7. The molecule has 3 unspecified atom stereocenters. The van der Waals surface area contributed by atoms with Crippen LogP contribution in [0.3, 0.4) is 0 Å². The van der Waals surface area contributed by atoms with E-state index in [1.165, 1.54) is 6.08 Å². The van der Waals surface area contributed by atoms with Crippen molar-refractivity contribution in [1.29, 1.82) is 10.5 Å². The lowest BCUT2D eigenvalue weighted by Crippen LogP contribution is -2.51. The van der Waals surface area contributed by atoms with E-state index in [0.29, 0.717) is 12.0 Å². The number of carbonyl (C=O) groups is 2. The standard InChI is InChI=1S/C21H18N2O2/c1-5-13-14-6-7-18-20(2,3)19(25)12(10-22)9-21(18,4)16(14)8-17(24)15(13)11-23/h1,8-9,14,18H,6-7H2,2-4H3. The molecule has 0 spiro atoms. The van der Waals surface area contributed by atoms with Gasteiger partial charge in [0.1, 0.15) is 17.7 Å². The fraction of sp³-hybridized carbons (Fsp3) is 0.429. The molecule has 0 saturated heterocycles. The van der Waals surface area contributed by atoms with Crippen LogP contribution in [0.5, 0.6) is 0 Å². The van der Waals surface area contributed by atoms with Crippen LogP contribution in [0, 0.1) is 57.7 Å². The maximum Gasteiger partial charge on any atom is 0.197 e. The first-order valence-electron chi connectivity index (χ1n) is 8.27. The summed E-state index contributed by atoms with van der Waals surface area (Å²) in [6.45, 7) is 5.71. The molecule has 4 heteroatoms. The van der Waals surface area contributed by atoms with Gasteiger partial charge in [0.15, 0.2) is 11.6 Å². The molecular formula is C21H18N2O2. The number of nitrogens with zero attached hydrogens (tertiary/aromatic N) is 2. The third-order valence-corrected chi connectivity index (χ3v) is 6.15. The molecule has 0 amide bonds. The van der Waals surface area contributed by atoms with Crippen LogP contribution in [0.4, 0.5) is 0 Å². The minimum atomic E-state index is -0.695. The number of hydrogen-bond acceptors (Lipinski definition) is 4. The molecule has 1 saturated carbocycles. The van der Waals surface area contributed by atoms with Crippen molar-refractivity contribution in [3.05, 3.63) is 34.4 Å². The number of fused-ring (bicyclic) bond motifs is 3. The SMILES string of the molecule is C#CC1=C(C#N)C(=O)C=C2C1CCC1C(C)(C)C(=O)C(C#N)=CC21C. The molecule has 124 valence electrons. The normalized spacial score (nSPS) is 33.1. The quantitative estimate of drug-likeness (QED) is 0.639. The number of rotatable bonds is 0. The highest BCUT2D eigenvalue weighted by molar-refractivity contribution is 6.10. The fourth-order valence-corrected chi connectivity index (χ4v) is 4.98. The molecule has 0 N–H and O–H groups in total. The van der Waals surface area contributed by atoms with E-state index in [1.807, 2.05) is 32.9 Å². The molecule has 0 heterocycles. The third-order valence-electron chi connectivity index (χ3n) is 6.15. The largest absolute Gasteiger partial charge is 0.293 e. The second kappa shape index (κ2) is 5.30. The number of allylic oxidation sites excluding steroid dienone is 6. The van der Waals surface area contributed by atoms with Crippen molar-refractivity contribution in [2.45, 2.75) is 33.6 Å². The smallest absolute Gasteiger partial charge is 0.197 e. The van der Waals surface area contributed by atoms with Gasteiger partial charge in [0.2, 0.25) is 0 Å². The molecule has 3 atom stereocenters. The minimum absolute atomic E-state index is 0.0254. The fourth-order valence-electron chi connectivity index (χ4n) is 4.98. The Balaban J connectivity index is 2.25. The Morgan fingerprint density at radius 3 is 2.40 bits per heavy atom. The summed E-state index contributed by atoms with van der Waals surface area (Å²) < 4.78 is 0. The molecule has 3 rings (SSSR count). The molecular weight excluding hydrogens is 312 g/mol. The first-order valence-corrected chi connectivity index (χ1v) is 8.27. The molecule has 3 aliphatic carbocycles. The van der Waals surface area contributed by atoms with Crippen molar-refractivity contribution in [2.75, 3.05) is 0 Å². The van der Waals surface area contributed by atoms with E-state index >= 15 is 0 Å². The monoisotopic (exact) mass is 330 g/mol. The number of ketones is 2. The maximum absolute atomic E-state index is 12.7. The lowest BCUT2D eigenvalue weighted by atomic mass is 9.48. The average molecular weight is 330 g/mol. The van der Waals surface area contributed by atoms with Crippen LogP contribution in [0.25, 0.3) is 0 Å². The summed E-state index contributed by atoms with van der Waals surface area (Å²) >= 11 is 0. The Hall–Kier alpha value is -2.90. The highest BCUT2D eigenvalue weighted by atomic mass is 16.1. The highest BCUT2D eigenvalue weighted by Crippen LogP contribution is 2.60. The van der Waals surface area contributed by atoms with Crippen LogP contribution < -0.4 is 0 Å². The summed E-state index contributed by atoms with van der Waals surface area (Å²) in [5, 5.41) is 18.7. The molecule has 0 bridgehead atoms. The average Bonchev–Trinajstić information content (AvgIpc) is 2.57. The van der Waals surface area contributed by atoms with Crippen molar-refractivity contribution < 1.29 is 9.59 Å². The van der Waals surface area contributed by atoms with E-state index in [4.69, 9.17) is 6.42 Å². The second-order valence-corrected chi connectivity index (χ2v) is 7.69. The van der Waals surface area contributed by atoms with Crippen LogP contribution >= 0.6 is 0 Å². The van der Waals surface area contributed by atoms with Gasteiger partial charge in [0, 0.05) is 22.3 Å². The zero-order valence-electron chi connectivity index (χ0n) is 14.5. The molecule has 0 aromatic rings. The Labute approximate surface area is 147 Å². The van der Waals surface area contributed by atoms with E-state index in [2.05, 4.69) is 5.92 Å². The Bertz CT molecular complexity index is 924. The van der Waals surface area contributed by atoms with E-state index in [-0.39, 0.29) is 34.5 Å². The van der Waals surface area contributed by atoms with Gasteiger partial charge in [-0.15, -0.1) is 6.42 Å². The number of hydrogen-bond donors (Lipinski definition) is 0. The van der Waals surface area contributed by atoms with E-state index in [1.54, 1.807) is 6.08 Å². The van der Waals surface area contributed by atoms with Crippen LogP contribution in [0.15, 0.2) is 34.4 Å². The van der Waals surface area contributed by atoms with Crippen molar-refractivity contribution in [1.82, 2.24) is 0 Å². The van der Waals surface area contributed by atoms with Gasteiger partial charge in [-0.25, -0.2) is 0 Å². The maximum atomic E-state index is 12.7. The summed E-state index contributed by atoms with van der Waals surface area (Å²) in [7, 11) is 0. The number of carbonyl (C=O) groups excluding carboxylic acids is 2. The zero-order valence-corrected chi connectivity index (χ0v) is 14.5. The van der Waals surface area contributed by atoms with Crippen molar-refractivity contribution >= 4 is 11.6 Å². The lowest BCUT2D eigenvalue weighted by molar-refractivity contribution is -0.129. The van der Waals surface area contributed by atoms with Crippen LogP contribution in [-0.2, 0) is 9.59 Å². The van der Waals surface area contributed by atoms with E-state index in [9.17, 15) is 20.1 Å². The van der Waals surface area contributed by atoms with Gasteiger partial charge in [-0.2, -0.15) is 10.5 Å². The number of Topliss-reactive ketones (excluding diaryl/α,β-unsaturated/α-hetero) is 1. The zero-order chi connectivity index (χ0) is 18.6. The minimum Gasteiger partial charge on any atom is -0.293 e. The van der Waals surface area contributed by atoms with Gasteiger partial charge in [-0.1, -0.05) is 32.8 Å². The van der Waals surface area contributed by atoms with Gasteiger partial charge < -0.3 is 0 Å². The van der Waals surface area contributed by atoms with Crippen molar-refractivity contribution in [3.8, 4) is 24.5 Å². The molecule has 4 nitrogen and oxygen atoms in total. The summed E-state index contributed by atoms with van der Waals surface area (Å²) in [6, 6.07) is 3.95. The predicted molar refractivity (Wildman–Crippen MR) is 91.4 cm³/mol. The van der Waals surface area contributed by atoms with Gasteiger partial charge in [-0.05, 0) is 30.4 Å². The molecule has 0 aromatic heterocycles. The van der Waals surface area contributed by atoms with Gasteiger partial charge >= 0.3 is 0 Å². The van der Waals surface area contributed by atoms with E-state index in [0.717, 1.165) is 12.0 Å². The summed E-state index contributed by atoms with van der Waals surface area (Å²) in [5.41, 5.74) is 0.132. The number of terminal acetylenes is 1. The van der Waals surface area contributed by atoms with Crippen molar-refractivity contribution in [3.63, 3.8) is 0 Å². The van der Waals surface area contributed by atoms with Crippen molar-refractivity contribution in [2.24, 2.45) is 22.7 Å². The lowest BCUT2D eigenvalue weighted by Gasteiger charge is -2.54. The molecule has 1 fully saturated rings. The first kappa shape index (κ1) is 16.9. The Kier molecular flexibility index (Phi) is 3.59. The molecule has 0 aliphatic heterocycles. The molecule has 0 radical (unpaired) electrons. The van der Waals surface area contributed by atoms with Gasteiger partial charge in [0.05, 0.1) is 5.57 Å². The second-order valence-electron chi connectivity index (χ2n) is 7.69. The summed E-state index contributed by atoms with van der Waals surface area (Å²) in [5.74, 6) is 1.80. The Morgan fingerprint density at radius 1 is 1.16 bits per heavy atom. The number of nitriles is 2. The van der Waals surface area contributed by atoms with E-state index < -0.39 is 10.8 Å². The van der Waals surface area contributed by atoms with Crippen LogP contribution in [0.1, 0.15) is 33.6 Å². The molecule has 25 heavy (non-hydrogen) atoms.